The van der Waals surface area contributed by atoms with Gasteiger partial charge in [-0.05, 0) is 62.3 Å². The summed E-state index contributed by atoms with van der Waals surface area (Å²) in [6.07, 6.45) is 8.96. The van der Waals surface area contributed by atoms with E-state index in [1.807, 2.05) is 6.07 Å². The van der Waals surface area contributed by atoms with Crippen LogP contribution in [0.4, 0.5) is 0 Å². The molecule has 2 heterocycles. The zero-order chi connectivity index (χ0) is 17.9. The number of aliphatic carboxylic acids is 1. The molecule has 1 saturated heterocycles. The van der Waals surface area contributed by atoms with Crippen molar-refractivity contribution in [1.29, 1.82) is 0 Å². The van der Waals surface area contributed by atoms with Crippen molar-refractivity contribution in [2.45, 2.75) is 57.0 Å². The van der Waals surface area contributed by atoms with Crippen molar-refractivity contribution in [1.82, 2.24) is 14.7 Å². The molecule has 0 saturated carbocycles. The molecule has 0 spiro atoms. The molecular formula is C21H27N3O2. The van der Waals surface area contributed by atoms with Crippen molar-refractivity contribution < 1.29 is 9.90 Å². The standard InChI is InChI=1S/C21H27N3O2/c25-21(26)15-24-13-11-20(22-24)18-6-3-12-23(14-18)19-9-7-16-4-1-2-5-17(16)8-10-19/h1-2,4-5,11,13,18-19H,3,6-10,12,14-15H2,(H,25,26). The molecule has 1 atom stereocenters. The maximum absolute atomic E-state index is 10.9. The first-order valence-corrected chi connectivity index (χ1v) is 9.75. The van der Waals surface area contributed by atoms with Crippen LogP contribution in [0.15, 0.2) is 36.5 Å². The maximum Gasteiger partial charge on any atom is 0.325 e. The van der Waals surface area contributed by atoms with E-state index in [-0.39, 0.29) is 6.54 Å². The van der Waals surface area contributed by atoms with E-state index >= 15 is 0 Å². The van der Waals surface area contributed by atoms with Gasteiger partial charge in [-0.3, -0.25) is 14.4 Å². The van der Waals surface area contributed by atoms with E-state index in [0.29, 0.717) is 12.0 Å². The van der Waals surface area contributed by atoms with Gasteiger partial charge < -0.3 is 5.11 Å². The number of hydrogen-bond acceptors (Lipinski definition) is 3. The Bertz CT molecular complexity index is 743. The minimum atomic E-state index is -0.844. The number of aryl methyl sites for hydroxylation is 2. The summed E-state index contributed by atoms with van der Waals surface area (Å²) in [6, 6.07) is 11.5. The average Bonchev–Trinajstić information content (AvgIpc) is 2.99. The largest absolute Gasteiger partial charge is 0.480 e. The van der Waals surface area contributed by atoms with Gasteiger partial charge in [0.2, 0.25) is 0 Å². The Morgan fingerprint density at radius 3 is 2.54 bits per heavy atom. The molecule has 2 aromatic rings. The molecule has 1 N–H and O–H groups in total. The SMILES string of the molecule is O=C(O)Cn1ccc(C2CCCN(C3CCc4ccccc4CC3)C2)n1. The third-order valence-corrected chi connectivity index (χ3v) is 5.96. The minimum absolute atomic E-state index is 0.0582. The fourth-order valence-electron chi connectivity index (χ4n) is 4.60. The van der Waals surface area contributed by atoms with E-state index in [1.165, 1.54) is 49.8 Å². The van der Waals surface area contributed by atoms with Crippen molar-refractivity contribution in [2.24, 2.45) is 0 Å². The van der Waals surface area contributed by atoms with Crippen molar-refractivity contribution in [2.75, 3.05) is 13.1 Å². The van der Waals surface area contributed by atoms with Crippen LogP contribution < -0.4 is 0 Å². The molecule has 1 aromatic carbocycles. The first-order chi connectivity index (χ1) is 12.7. The fourth-order valence-corrected chi connectivity index (χ4v) is 4.60. The van der Waals surface area contributed by atoms with Crippen molar-refractivity contribution >= 4 is 5.97 Å². The summed E-state index contributed by atoms with van der Waals surface area (Å²) in [6.45, 7) is 2.16. The number of fused-ring (bicyclic) bond motifs is 1. The van der Waals surface area contributed by atoms with Crippen LogP contribution in [0.2, 0.25) is 0 Å². The third-order valence-electron chi connectivity index (χ3n) is 5.96. The van der Waals surface area contributed by atoms with E-state index in [9.17, 15) is 4.79 Å². The number of carboxylic acids is 1. The molecule has 1 aliphatic heterocycles. The van der Waals surface area contributed by atoms with Gasteiger partial charge in [-0.2, -0.15) is 5.10 Å². The van der Waals surface area contributed by atoms with Gasteiger partial charge in [0, 0.05) is 24.7 Å². The Morgan fingerprint density at radius 1 is 1.12 bits per heavy atom. The summed E-state index contributed by atoms with van der Waals surface area (Å²) < 4.78 is 1.54. The van der Waals surface area contributed by atoms with Gasteiger partial charge in [-0.1, -0.05) is 24.3 Å². The number of carboxylic acid groups (broad SMARTS) is 1. The predicted octanol–water partition coefficient (Wildman–Crippen LogP) is 3.09. The number of aromatic nitrogens is 2. The minimum Gasteiger partial charge on any atom is -0.480 e. The molecule has 5 nitrogen and oxygen atoms in total. The molecule has 2 aliphatic rings. The van der Waals surface area contributed by atoms with Crippen LogP contribution in [0.25, 0.3) is 0 Å². The second kappa shape index (κ2) is 7.62. The zero-order valence-corrected chi connectivity index (χ0v) is 15.2. The molecule has 1 aromatic heterocycles. The summed E-state index contributed by atoms with van der Waals surface area (Å²) >= 11 is 0. The third kappa shape index (κ3) is 3.83. The van der Waals surface area contributed by atoms with Gasteiger partial charge in [0.1, 0.15) is 6.54 Å². The fraction of sp³-hybridized carbons (Fsp3) is 0.524. The lowest BCUT2D eigenvalue weighted by atomic mass is 9.92. The Balaban J connectivity index is 1.41. The number of piperidine rings is 1. The van der Waals surface area contributed by atoms with Crippen LogP contribution in [-0.4, -0.2) is 44.9 Å². The van der Waals surface area contributed by atoms with Crippen LogP contribution in [-0.2, 0) is 24.2 Å². The Kier molecular flexibility index (Phi) is 5.07. The molecule has 1 aliphatic carbocycles. The molecule has 0 bridgehead atoms. The molecule has 1 fully saturated rings. The second-order valence-corrected chi connectivity index (χ2v) is 7.67. The first kappa shape index (κ1) is 17.3. The Morgan fingerprint density at radius 2 is 1.85 bits per heavy atom. The lowest BCUT2D eigenvalue weighted by Gasteiger charge is -2.37. The molecular weight excluding hydrogens is 326 g/mol. The molecule has 1 unspecified atom stereocenters. The van der Waals surface area contributed by atoms with Gasteiger partial charge in [0.25, 0.3) is 0 Å². The summed E-state index contributed by atoms with van der Waals surface area (Å²) in [5.74, 6) is -0.424. The molecule has 5 heteroatoms. The Labute approximate surface area is 154 Å². The van der Waals surface area contributed by atoms with Gasteiger partial charge >= 0.3 is 5.97 Å². The van der Waals surface area contributed by atoms with Crippen LogP contribution in [0.3, 0.4) is 0 Å². The molecule has 0 amide bonds. The second-order valence-electron chi connectivity index (χ2n) is 7.67. The lowest BCUT2D eigenvalue weighted by Crippen LogP contribution is -2.42. The molecule has 138 valence electrons. The quantitative estimate of drug-likeness (QED) is 0.858. The zero-order valence-electron chi connectivity index (χ0n) is 15.2. The Hall–Kier alpha value is -2.14. The normalized spacial score (nSPS) is 21.9. The maximum atomic E-state index is 10.9. The van der Waals surface area contributed by atoms with Gasteiger partial charge in [-0.25, -0.2) is 0 Å². The summed E-state index contributed by atoms with van der Waals surface area (Å²) in [5.41, 5.74) is 4.10. The topological polar surface area (TPSA) is 58.4 Å². The molecule has 26 heavy (non-hydrogen) atoms. The predicted molar refractivity (Wildman–Crippen MR) is 100 cm³/mol. The van der Waals surface area contributed by atoms with Crippen LogP contribution in [0.5, 0.6) is 0 Å². The first-order valence-electron chi connectivity index (χ1n) is 9.75. The number of benzene rings is 1. The lowest BCUT2D eigenvalue weighted by molar-refractivity contribution is -0.137. The van der Waals surface area contributed by atoms with Gasteiger partial charge in [0.15, 0.2) is 0 Å². The smallest absolute Gasteiger partial charge is 0.325 e. The molecule has 4 rings (SSSR count). The number of nitrogens with zero attached hydrogens (tertiary/aromatic N) is 3. The highest BCUT2D eigenvalue weighted by Crippen LogP contribution is 2.30. The van der Waals surface area contributed by atoms with E-state index in [4.69, 9.17) is 5.11 Å². The summed E-state index contributed by atoms with van der Waals surface area (Å²) in [7, 11) is 0. The van der Waals surface area contributed by atoms with Crippen molar-refractivity contribution in [3.63, 3.8) is 0 Å². The van der Waals surface area contributed by atoms with Crippen LogP contribution in [0, 0.1) is 0 Å². The average molecular weight is 353 g/mol. The summed E-state index contributed by atoms with van der Waals surface area (Å²) in [4.78, 5) is 13.5. The molecule has 0 radical (unpaired) electrons. The number of hydrogen-bond donors (Lipinski definition) is 1. The van der Waals surface area contributed by atoms with E-state index in [2.05, 4.69) is 34.3 Å². The number of likely N-dealkylation sites (tertiary alicyclic amines) is 1. The van der Waals surface area contributed by atoms with Crippen molar-refractivity contribution in [3.05, 3.63) is 53.3 Å². The van der Waals surface area contributed by atoms with Gasteiger partial charge in [-0.15, -0.1) is 0 Å². The number of rotatable bonds is 4. The highest BCUT2D eigenvalue weighted by Gasteiger charge is 2.29. The van der Waals surface area contributed by atoms with Crippen molar-refractivity contribution in [3.8, 4) is 0 Å². The summed E-state index contributed by atoms with van der Waals surface area (Å²) in [5, 5.41) is 13.4. The monoisotopic (exact) mass is 353 g/mol. The van der Waals surface area contributed by atoms with E-state index < -0.39 is 5.97 Å². The highest BCUT2D eigenvalue weighted by molar-refractivity contribution is 5.66. The van der Waals surface area contributed by atoms with E-state index in [1.54, 1.807) is 10.9 Å². The van der Waals surface area contributed by atoms with Crippen LogP contribution >= 0.6 is 0 Å². The van der Waals surface area contributed by atoms with Gasteiger partial charge in [0.05, 0.1) is 5.69 Å². The highest BCUT2D eigenvalue weighted by atomic mass is 16.4. The van der Waals surface area contributed by atoms with Crippen LogP contribution in [0.1, 0.15) is 48.4 Å². The number of carbonyl (C=O) groups is 1. The van der Waals surface area contributed by atoms with E-state index in [0.717, 1.165) is 18.7 Å².